The highest BCUT2D eigenvalue weighted by Gasteiger charge is 2.30. The van der Waals surface area contributed by atoms with E-state index < -0.39 is 0 Å². The molecule has 1 aliphatic rings. The fourth-order valence-corrected chi connectivity index (χ4v) is 3.14. The highest BCUT2D eigenvalue weighted by molar-refractivity contribution is 7.11. The molecule has 1 aromatic heterocycles. The van der Waals surface area contributed by atoms with Crippen molar-refractivity contribution in [2.75, 3.05) is 6.54 Å². The quantitative estimate of drug-likeness (QED) is 0.828. The van der Waals surface area contributed by atoms with Gasteiger partial charge in [0.25, 0.3) is 0 Å². The molecule has 2 atom stereocenters. The predicted molar refractivity (Wildman–Crippen MR) is 70.2 cm³/mol. The molecule has 2 heterocycles. The molecule has 0 saturated carbocycles. The lowest BCUT2D eigenvalue weighted by Crippen LogP contribution is -2.46. The van der Waals surface area contributed by atoms with Crippen LogP contribution in [-0.4, -0.2) is 28.3 Å². The summed E-state index contributed by atoms with van der Waals surface area (Å²) < 4.78 is 0. The van der Waals surface area contributed by atoms with E-state index in [-0.39, 0.29) is 5.92 Å². The Hall–Kier alpha value is -0.740. The molecule has 1 aromatic rings. The first kappa shape index (κ1) is 12.7. The van der Waals surface area contributed by atoms with Gasteiger partial charge in [0.05, 0.1) is 6.54 Å². The first-order valence-corrected chi connectivity index (χ1v) is 7.13. The zero-order chi connectivity index (χ0) is 12.4. The van der Waals surface area contributed by atoms with Gasteiger partial charge in [0.15, 0.2) is 0 Å². The van der Waals surface area contributed by atoms with Crippen LogP contribution in [-0.2, 0) is 17.8 Å². The van der Waals surface area contributed by atoms with E-state index in [0.717, 1.165) is 19.5 Å². The number of hydrogen-bond acceptors (Lipinski definition) is 4. The lowest BCUT2D eigenvalue weighted by atomic mass is 9.91. The van der Waals surface area contributed by atoms with E-state index in [1.165, 1.54) is 9.88 Å². The van der Waals surface area contributed by atoms with Gasteiger partial charge in [0, 0.05) is 36.0 Å². The minimum absolute atomic E-state index is 0.161. The molecule has 1 fully saturated rings. The number of rotatable bonds is 3. The van der Waals surface area contributed by atoms with Crippen LogP contribution in [0.3, 0.4) is 0 Å². The number of piperidine rings is 1. The molecule has 0 amide bonds. The van der Waals surface area contributed by atoms with Gasteiger partial charge in [-0.25, -0.2) is 4.98 Å². The maximum absolute atomic E-state index is 11.6. The lowest BCUT2D eigenvalue weighted by molar-refractivity contribution is -0.128. The van der Waals surface area contributed by atoms with E-state index in [1.54, 1.807) is 11.3 Å². The third-order valence-electron chi connectivity index (χ3n) is 3.74. The Labute approximate surface area is 107 Å². The number of Topliss-reactive ketones (excluding diaryl/α,β-unsaturated/α-hetero) is 1. The summed E-state index contributed by atoms with van der Waals surface area (Å²) >= 11 is 1.79. The first-order chi connectivity index (χ1) is 8.11. The molecule has 17 heavy (non-hydrogen) atoms. The standard InChI is InChI=1S/C13H20N2OS/c1-4-11-7-14-13(17-11)8-15-6-5-12(16)9(2)10(15)3/h7,9-10H,4-6,8H2,1-3H3. The molecule has 2 rings (SSSR count). The summed E-state index contributed by atoms with van der Waals surface area (Å²) in [6.07, 6.45) is 3.73. The number of likely N-dealkylation sites (tertiary alicyclic amines) is 1. The number of hydrogen-bond donors (Lipinski definition) is 0. The van der Waals surface area contributed by atoms with Gasteiger partial charge in [0.1, 0.15) is 10.8 Å². The number of aryl methyl sites for hydroxylation is 1. The number of nitrogens with zero attached hydrogens (tertiary/aromatic N) is 2. The zero-order valence-electron chi connectivity index (χ0n) is 10.8. The van der Waals surface area contributed by atoms with E-state index in [1.807, 2.05) is 13.1 Å². The SMILES string of the molecule is CCc1cnc(CN2CCC(=O)C(C)C2C)s1. The van der Waals surface area contributed by atoms with Crippen LogP contribution in [0.4, 0.5) is 0 Å². The van der Waals surface area contributed by atoms with Gasteiger partial charge in [-0.3, -0.25) is 9.69 Å². The molecule has 4 heteroatoms. The maximum atomic E-state index is 11.6. The van der Waals surface area contributed by atoms with Gasteiger partial charge in [-0.1, -0.05) is 13.8 Å². The van der Waals surface area contributed by atoms with Crippen LogP contribution in [0.5, 0.6) is 0 Å². The van der Waals surface area contributed by atoms with Crippen LogP contribution in [0.2, 0.25) is 0 Å². The second-order valence-electron chi connectivity index (χ2n) is 4.79. The van der Waals surface area contributed by atoms with Gasteiger partial charge < -0.3 is 0 Å². The molecular weight excluding hydrogens is 232 g/mol. The molecule has 2 unspecified atom stereocenters. The van der Waals surface area contributed by atoms with Gasteiger partial charge in [-0.15, -0.1) is 11.3 Å². The number of carbonyl (C=O) groups is 1. The van der Waals surface area contributed by atoms with Gasteiger partial charge in [-0.2, -0.15) is 0 Å². The molecule has 94 valence electrons. The summed E-state index contributed by atoms with van der Waals surface area (Å²) in [5.74, 6) is 0.566. The largest absolute Gasteiger partial charge is 0.299 e. The minimum atomic E-state index is 0.161. The van der Waals surface area contributed by atoms with Gasteiger partial charge in [0.2, 0.25) is 0 Å². The van der Waals surface area contributed by atoms with Crippen molar-refractivity contribution in [3.05, 3.63) is 16.1 Å². The van der Waals surface area contributed by atoms with Crippen LogP contribution < -0.4 is 0 Å². The Morgan fingerprint density at radius 2 is 2.29 bits per heavy atom. The second kappa shape index (κ2) is 5.27. The third-order valence-corrected chi connectivity index (χ3v) is 4.87. The Morgan fingerprint density at radius 3 is 2.94 bits per heavy atom. The third kappa shape index (κ3) is 2.75. The molecule has 1 aliphatic heterocycles. The van der Waals surface area contributed by atoms with Crippen LogP contribution in [0.15, 0.2) is 6.20 Å². The molecular formula is C13H20N2OS. The molecule has 0 bridgehead atoms. The van der Waals surface area contributed by atoms with E-state index >= 15 is 0 Å². The fourth-order valence-electron chi connectivity index (χ4n) is 2.25. The molecule has 0 spiro atoms. The van der Waals surface area contributed by atoms with Crippen molar-refractivity contribution in [2.45, 2.75) is 46.2 Å². The number of carbonyl (C=O) groups excluding carboxylic acids is 1. The molecule has 0 aliphatic carbocycles. The van der Waals surface area contributed by atoms with Crippen LogP contribution >= 0.6 is 11.3 Å². The van der Waals surface area contributed by atoms with Crippen molar-refractivity contribution >= 4 is 17.1 Å². The predicted octanol–water partition coefficient (Wildman–Crippen LogP) is 2.50. The Kier molecular flexibility index (Phi) is 3.94. The average Bonchev–Trinajstić information content (AvgIpc) is 2.78. The van der Waals surface area contributed by atoms with Crippen molar-refractivity contribution in [3.63, 3.8) is 0 Å². The number of aromatic nitrogens is 1. The van der Waals surface area contributed by atoms with Crippen molar-refractivity contribution in [2.24, 2.45) is 5.92 Å². The summed E-state index contributed by atoms with van der Waals surface area (Å²) in [6.45, 7) is 8.12. The number of thiazole rings is 1. The Morgan fingerprint density at radius 1 is 1.53 bits per heavy atom. The van der Waals surface area contributed by atoms with E-state index in [9.17, 15) is 4.79 Å². The normalized spacial score (nSPS) is 26.4. The monoisotopic (exact) mass is 252 g/mol. The zero-order valence-corrected chi connectivity index (χ0v) is 11.6. The maximum Gasteiger partial charge on any atom is 0.138 e. The summed E-state index contributed by atoms with van der Waals surface area (Å²) in [5, 5.41) is 1.18. The van der Waals surface area contributed by atoms with Crippen molar-refractivity contribution in [1.29, 1.82) is 0 Å². The summed E-state index contributed by atoms with van der Waals surface area (Å²) in [7, 11) is 0. The highest BCUT2D eigenvalue weighted by Crippen LogP contribution is 2.23. The topological polar surface area (TPSA) is 33.2 Å². The van der Waals surface area contributed by atoms with E-state index in [2.05, 4.69) is 23.7 Å². The first-order valence-electron chi connectivity index (χ1n) is 6.32. The van der Waals surface area contributed by atoms with Gasteiger partial charge in [-0.05, 0) is 13.3 Å². The highest BCUT2D eigenvalue weighted by atomic mass is 32.1. The van der Waals surface area contributed by atoms with Crippen LogP contribution in [0, 0.1) is 5.92 Å². The summed E-state index contributed by atoms with van der Waals surface area (Å²) in [6, 6.07) is 0.338. The summed E-state index contributed by atoms with van der Waals surface area (Å²) in [4.78, 5) is 19.8. The average molecular weight is 252 g/mol. The molecule has 0 N–H and O–H groups in total. The Balaban J connectivity index is 2.01. The smallest absolute Gasteiger partial charge is 0.138 e. The second-order valence-corrected chi connectivity index (χ2v) is 5.99. The van der Waals surface area contributed by atoms with E-state index in [4.69, 9.17) is 0 Å². The Bertz CT molecular complexity index is 402. The van der Waals surface area contributed by atoms with Crippen LogP contribution in [0.1, 0.15) is 37.1 Å². The molecule has 3 nitrogen and oxygen atoms in total. The van der Waals surface area contributed by atoms with Crippen molar-refractivity contribution in [3.8, 4) is 0 Å². The van der Waals surface area contributed by atoms with Gasteiger partial charge >= 0.3 is 0 Å². The number of ketones is 1. The fraction of sp³-hybridized carbons (Fsp3) is 0.692. The lowest BCUT2D eigenvalue weighted by Gasteiger charge is -2.36. The molecule has 1 saturated heterocycles. The van der Waals surface area contributed by atoms with Crippen molar-refractivity contribution < 1.29 is 4.79 Å². The molecule has 0 aromatic carbocycles. The summed E-state index contributed by atoms with van der Waals surface area (Å²) in [5.41, 5.74) is 0. The van der Waals surface area contributed by atoms with Crippen molar-refractivity contribution in [1.82, 2.24) is 9.88 Å². The van der Waals surface area contributed by atoms with E-state index in [0.29, 0.717) is 18.2 Å². The van der Waals surface area contributed by atoms with Crippen LogP contribution in [0.25, 0.3) is 0 Å². The minimum Gasteiger partial charge on any atom is -0.299 e. The molecule has 0 radical (unpaired) electrons.